The highest BCUT2D eigenvalue weighted by Crippen LogP contribution is 2.21. The van der Waals surface area contributed by atoms with E-state index in [9.17, 15) is 9.59 Å². The molecule has 1 amide bonds. The zero-order valence-corrected chi connectivity index (χ0v) is 18.1. The fourth-order valence-electron chi connectivity index (χ4n) is 3.64. The van der Waals surface area contributed by atoms with Crippen LogP contribution in [0.3, 0.4) is 0 Å². The average molecular weight is 402 g/mol. The van der Waals surface area contributed by atoms with Gasteiger partial charge in [-0.15, -0.1) is 0 Å². The molecule has 1 heterocycles. The van der Waals surface area contributed by atoms with Crippen LogP contribution in [0, 0.1) is 0 Å². The summed E-state index contributed by atoms with van der Waals surface area (Å²) in [5, 5.41) is 0.578. The largest absolute Gasteiger partial charge is 0.358 e. The van der Waals surface area contributed by atoms with Crippen LogP contribution in [0.25, 0.3) is 10.9 Å². The van der Waals surface area contributed by atoms with Gasteiger partial charge in [0.05, 0.1) is 23.5 Å². The summed E-state index contributed by atoms with van der Waals surface area (Å²) in [5.41, 5.74) is 4.41. The Balaban J connectivity index is 2.14. The number of para-hydroxylation sites is 1. The highest BCUT2D eigenvalue weighted by atomic mass is 16.2. The van der Waals surface area contributed by atoms with Crippen LogP contribution in [-0.2, 0) is 4.79 Å². The van der Waals surface area contributed by atoms with E-state index < -0.39 is 0 Å². The van der Waals surface area contributed by atoms with Crippen LogP contribution >= 0.6 is 0 Å². The maximum absolute atomic E-state index is 13.0. The molecule has 1 aromatic heterocycles. The molecular weight excluding hydrogens is 364 g/mol. The second-order valence-electron chi connectivity index (χ2n) is 7.81. The van der Waals surface area contributed by atoms with Crippen LogP contribution < -0.4 is 11.3 Å². The average Bonchev–Trinajstić information content (AvgIpc) is 2.73. The summed E-state index contributed by atoms with van der Waals surface area (Å²) in [7, 11) is 0. The summed E-state index contributed by atoms with van der Waals surface area (Å²) in [6.45, 7) is 5.79. The quantitative estimate of drug-likeness (QED) is 0.502. The maximum Gasteiger partial charge on any atom is 0.258 e. The molecule has 2 rings (SSSR count). The molecule has 0 unspecified atom stereocenters. The van der Waals surface area contributed by atoms with E-state index in [0.717, 1.165) is 57.9 Å². The third-order valence-corrected chi connectivity index (χ3v) is 5.46. The Bertz CT molecular complexity index is 818. The summed E-state index contributed by atoms with van der Waals surface area (Å²) in [5.74, 6) is 0.718. The lowest BCUT2D eigenvalue weighted by Crippen LogP contribution is -2.50. The van der Waals surface area contributed by atoms with Gasteiger partial charge in [-0.25, -0.2) is 4.98 Å². The Labute approximate surface area is 173 Å². The first-order valence-corrected chi connectivity index (χ1v) is 11.2. The lowest BCUT2D eigenvalue weighted by Gasteiger charge is -2.29. The molecule has 1 aromatic carbocycles. The van der Waals surface area contributed by atoms with Crippen LogP contribution in [-0.4, -0.2) is 33.9 Å². The Kier molecular flexibility index (Phi) is 9.84. The molecule has 0 aliphatic rings. The number of H-pyrrole nitrogens is 1. The van der Waals surface area contributed by atoms with Crippen LogP contribution in [0.15, 0.2) is 29.1 Å². The molecule has 160 valence electrons. The summed E-state index contributed by atoms with van der Waals surface area (Å²) in [4.78, 5) is 34.9. The number of nitrogens with one attached hydrogen (secondary N) is 1. The predicted octanol–water partition coefficient (Wildman–Crippen LogP) is 3.59. The number of aromatic amines is 1. The number of hydrogen-bond acceptors (Lipinski definition) is 3. The number of fused-ring (bicyclic) bond motifs is 1. The highest BCUT2D eigenvalue weighted by molar-refractivity contribution is 5.78. The van der Waals surface area contributed by atoms with Crippen molar-refractivity contribution in [2.75, 3.05) is 13.1 Å². The first-order chi connectivity index (χ1) is 14.1. The van der Waals surface area contributed by atoms with Crippen LogP contribution in [0.1, 0.15) is 83.5 Å². The summed E-state index contributed by atoms with van der Waals surface area (Å²) in [6, 6.07) is 7.08. The van der Waals surface area contributed by atoms with Gasteiger partial charge in [-0.1, -0.05) is 44.7 Å². The fraction of sp³-hybridized carbons (Fsp3) is 0.609. The maximum atomic E-state index is 13.0. The number of hydrogen-bond donors (Lipinski definition) is 2. The second kappa shape index (κ2) is 12.4. The van der Waals surface area contributed by atoms with Gasteiger partial charge >= 0.3 is 0 Å². The van der Waals surface area contributed by atoms with Crippen molar-refractivity contribution in [3.63, 3.8) is 0 Å². The standard InChI is InChI=1S/C23H36N4O2/c1-3-4-5-8-15-21(28)27(17-12-7-6-11-16-24)18(2)22-25-20-14-10-9-13-19(20)23(29)26-22/h9-10,13-14,18H,3-8,11-12,15-17,24H2,1-2H3,(H,25,26,29)/p+1/t18-/m0/s1. The number of rotatable bonds is 13. The van der Waals surface area contributed by atoms with Gasteiger partial charge < -0.3 is 15.6 Å². The molecule has 2 aromatic rings. The van der Waals surface area contributed by atoms with Gasteiger partial charge in [0.15, 0.2) is 0 Å². The van der Waals surface area contributed by atoms with Crippen molar-refractivity contribution in [2.45, 2.75) is 77.7 Å². The lowest BCUT2D eigenvalue weighted by atomic mass is 10.1. The number of unbranched alkanes of at least 4 members (excludes halogenated alkanes) is 6. The van der Waals surface area contributed by atoms with Crippen LogP contribution in [0.4, 0.5) is 0 Å². The van der Waals surface area contributed by atoms with Crippen molar-refractivity contribution < 1.29 is 10.5 Å². The van der Waals surface area contributed by atoms with Gasteiger partial charge in [-0.3, -0.25) is 9.59 Å². The molecule has 0 saturated carbocycles. The van der Waals surface area contributed by atoms with Gasteiger partial charge in [-0.2, -0.15) is 0 Å². The van der Waals surface area contributed by atoms with Gasteiger partial charge in [-0.05, 0) is 44.7 Å². The number of aromatic nitrogens is 2. The topological polar surface area (TPSA) is 93.7 Å². The molecule has 29 heavy (non-hydrogen) atoms. The minimum Gasteiger partial charge on any atom is -0.358 e. The molecule has 0 spiro atoms. The fourth-order valence-corrected chi connectivity index (χ4v) is 3.64. The Morgan fingerprint density at radius 3 is 2.59 bits per heavy atom. The molecule has 0 radical (unpaired) electrons. The van der Waals surface area contributed by atoms with Crippen molar-refractivity contribution >= 4 is 16.8 Å². The molecule has 6 heteroatoms. The third kappa shape index (κ3) is 6.96. The van der Waals surface area contributed by atoms with E-state index in [0.29, 0.717) is 29.7 Å². The molecule has 0 aliphatic carbocycles. The van der Waals surface area contributed by atoms with E-state index in [-0.39, 0.29) is 17.5 Å². The van der Waals surface area contributed by atoms with E-state index in [1.807, 2.05) is 30.0 Å². The molecular formula is C23H37N4O2+. The number of carbonyl (C=O) groups is 1. The van der Waals surface area contributed by atoms with E-state index in [1.54, 1.807) is 6.07 Å². The zero-order chi connectivity index (χ0) is 21.1. The van der Waals surface area contributed by atoms with Gasteiger partial charge in [0.1, 0.15) is 5.82 Å². The van der Waals surface area contributed by atoms with E-state index in [1.165, 1.54) is 0 Å². The number of benzene rings is 1. The van der Waals surface area contributed by atoms with Gasteiger partial charge in [0, 0.05) is 13.0 Å². The lowest BCUT2D eigenvalue weighted by molar-refractivity contribution is -0.368. The molecule has 0 saturated heterocycles. The van der Waals surface area contributed by atoms with Crippen molar-refractivity contribution in [2.24, 2.45) is 0 Å². The molecule has 1 atom stereocenters. The summed E-state index contributed by atoms with van der Waals surface area (Å²) >= 11 is 0. The Morgan fingerprint density at radius 1 is 1.10 bits per heavy atom. The summed E-state index contributed by atoms with van der Waals surface area (Å²) < 4.78 is 0. The smallest absolute Gasteiger partial charge is 0.258 e. The molecule has 0 bridgehead atoms. The van der Waals surface area contributed by atoms with Crippen molar-refractivity contribution in [3.8, 4) is 0 Å². The van der Waals surface area contributed by atoms with Crippen molar-refractivity contribution in [1.82, 2.24) is 14.9 Å². The molecule has 0 fully saturated rings. The van der Waals surface area contributed by atoms with E-state index in [4.69, 9.17) is 0 Å². The zero-order valence-electron chi connectivity index (χ0n) is 18.1. The van der Waals surface area contributed by atoms with Crippen LogP contribution in [0.5, 0.6) is 0 Å². The first-order valence-electron chi connectivity index (χ1n) is 11.2. The number of nitrogens with zero attached hydrogens (tertiary/aromatic N) is 2. The Hall–Kier alpha value is -2.21. The van der Waals surface area contributed by atoms with Crippen molar-refractivity contribution in [3.05, 3.63) is 40.4 Å². The molecule has 0 aliphatic heterocycles. The molecule has 6 nitrogen and oxygen atoms in total. The van der Waals surface area contributed by atoms with E-state index in [2.05, 4.69) is 22.6 Å². The third-order valence-electron chi connectivity index (χ3n) is 5.46. The monoisotopic (exact) mass is 401 g/mol. The molecule has 4 N–H and O–H groups in total. The van der Waals surface area contributed by atoms with E-state index >= 15 is 0 Å². The number of carbonyl (C=O) groups excluding carboxylic acids is 1. The SMILES string of the molecule is CCCCCCC(=O)N(CCCCCC[NH3+])[C@@H](C)c1nc2ccccc2c(=O)[nH]1. The van der Waals surface area contributed by atoms with Gasteiger partial charge in [0.25, 0.3) is 5.56 Å². The first kappa shape index (κ1) is 23.1. The second-order valence-corrected chi connectivity index (χ2v) is 7.81. The highest BCUT2D eigenvalue weighted by Gasteiger charge is 2.23. The predicted molar refractivity (Wildman–Crippen MR) is 117 cm³/mol. The van der Waals surface area contributed by atoms with Crippen LogP contribution in [0.2, 0.25) is 0 Å². The minimum atomic E-state index is -0.251. The van der Waals surface area contributed by atoms with Crippen molar-refractivity contribution in [1.29, 1.82) is 0 Å². The normalized spacial score (nSPS) is 12.2. The summed E-state index contributed by atoms with van der Waals surface area (Å²) in [6.07, 6.45) is 9.18. The minimum absolute atomic E-state index is 0.150. The van der Waals surface area contributed by atoms with Gasteiger partial charge in [0.2, 0.25) is 5.91 Å². The number of quaternary nitrogens is 1. The Morgan fingerprint density at radius 2 is 1.83 bits per heavy atom. The number of amides is 1.